The normalized spacial score (nSPS) is 17.8. The molecule has 0 spiro atoms. The maximum absolute atomic E-state index is 12.2. The van der Waals surface area contributed by atoms with Gasteiger partial charge in [-0.3, -0.25) is 4.79 Å². The average molecular weight is 261 g/mol. The van der Waals surface area contributed by atoms with Crippen molar-refractivity contribution in [1.29, 1.82) is 0 Å². The zero-order chi connectivity index (χ0) is 13.7. The maximum atomic E-state index is 12.2. The van der Waals surface area contributed by atoms with Crippen molar-refractivity contribution in [1.82, 2.24) is 5.32 Å². The Kier molecular flexibility index (Phi) is 4.83. The van der Waals surface area contributed by atoms with Crippen LogP contribution in [-0.2, 0) is 4.79 Å². The van der Waals surface area contributed by atoms with Crippen molar-refractivity contribution < 1.29 is 9.53 Å². The lowest BCUT2D eigenvalue weighted by Gasteiger charge is -2.23. The van der Waals surface area contributed by atoms with Crippen LogP contribution in [0.2, 0.25) is 0 Å². The highest BCUT2D eigenvalue weighted by atomic mass is 16.5. The fourth-order valence-electron chi connectivity index (χ4n) is 2.67. The van der Waals surface area contributed by atoms with E-state index in [0.717, 1.165) is 24.2 Å². The average Bonchev–Trinajstić information content (AvgIpc) is 2.48. The standard InChI is InChI=1S/C16H23NO2/c1-12(13-8-10-15(19-2)11-9-13)17-16(18)14-6-4-3-5-7-14/h8-12,14H,3-7H2,1-2H3,(H,17,18). The molecule has 0 radical (unpaired) electrons. The van der Waals surface area contributed by atoms with E-state index in [2.05, 4.69) is 5.32 Å². The minimum absolute atomic E-state index is 0.0559. The molecule has 2 rings (SSSR count). The third-order valence-corrected chi connectivity index (χ3v) is 3.95. The second-order valence-corrected chi connectivity index (χ2v) is 5.34. The number of nitrogens with one attached hydrogen (secondary N) is 1. The lowest BCUT2D eigenvalue weighted by molar-refractivity contribution is -0.126. The molecule has 1 N–H and O–H groups in total. The summed E-state index contributed by atoms with van der Waals surface area (Å²) in [5, 5.41) is 3.12. The minimum Gasteiger partial charge on any atom is -0.497 e. The van der Waals surface area contributed by atoms with Crippen LogP contribution >= 0.6 is 0 Å². The number of hydrogen-bond donors (Lipinski definition) is 1. The van der Waals surface area contributed by atoms with Crippen LogP contribution in [0, 0.1) is 5.92 Å². The first-order chi connectivity index (χ1) is 9.20. The number of benzene rings is 1. The van der Waals surface area contributed by atoms with Gasteiger partial charge in [0.25, 0.3) is 0 Å². The van der Waals surface area contributed by atoms with Crippen molar-refractivity contribution in [2.24, 2.45) is 5.92 Å². The van der Waals surface area contributed by atoms with Gasteiger partial charge in [-0.25, -0.2) is 0 Å². The Hall–Kier alpha value is -1.51. The monoisotopic (exact) mass is 261 g/mol. The predicted octanol–water partition coefficient (Wildman–Crippen LogP) is 3.45. The number of ether oxygens (including phenoxy) is 1. The second kappa shape index (κ2) is 6.60. The molecule has 19 heavy (non-hydrogen) atoms. The first-order valence-electron chi connectivity index (χ1n) is 7.15. The summed E-state index contributed by atoms with van der Waals surface area (Å²) >= 11 is 0. The third-order valence-electron chi connectivity index (χ3n) is 3.95. The number of hydrogen-bond acceptors (Lipinski definition) is 2. The number of carbonyl (C=O) groups is 1. The van der Waals surface area contributed by atoms with E-state index in [4.69, 9.17) is 4.74 Å². The highest BCUT2D eigenvalue weighted by Crippen LogP contribution is 2.25. The molecule has 0 heterocycles. The Bertz CT molecular complexity index is 407. The minimum atomic E-state index is 0.0559. The summed E-state index contributed by atoms with van der Waals surface area (Å²) in [6.45, 7) is 2.03. The van der Waals surface area contributed by atoms with Crippen LogP contribution < -0.4 is 10.1 Å². The van der Waals surface area contributed by atoms with Crippen molar-refractivity contribution in [3.05, 3.63) is 29.8 Å². The molecule has 0 bridgehead atoms. The molecular weight excluding hydrogens is 238 g/mol. The Morgan fingerprint density at radius 2 is 1.84 bits per heavy atom. The first-order valence-corrected chi connectivity index (χ1v) is 7.15. The van der Waals surface area contributed by atoms with Gasteiger partial charge in [0, 0.05) is 5.92 Å². The lowest BCUT2D eigenvalue weighted by Crippen LogP contribution is -2.33. The molecule has 1 atom stereocenters. The highest BCUT2D eigenvalue weighted by Gasteiger charge is 2.22. The van der Waals surface area contributed by atoms with E-state index in [1.165, 1.54) is 19.3 Å². The Labute approximate surface area is 115 Å². The van der Waals surface area contributed by atoms with Crippen LogP contribution in [0.15, 0.2) is 24.3 Å². The van der Waals surface area contributed by atoms with E-state index in [1.807, 2.05) is 31.2 Å². The van der Waals surface area contributed by atoms with Crippen LogP contribution in [0.1, 0.15) is 50.6 Å². The van der Waals surface area contributed by atoms with Gasteiger partial charge >= 0.3 is 0 Å². The van der Waals surface area contributed by atoms with E-state index in [1.54, 1.807) is 7.11 Å². The van der Waals surface area contributed by atoms with Crippen molar-refractivity contribution >= 4 is 5.91 Å². The number of methoxy groups -OCH3 is 1. The third kappa shape index (κ3) is 3.72. The summed E-state index contributed by atoms with van der Waals surface area (Å²) in [6, 6.07) is 7.92. The molecule has 3 nitrogen and oxygen atoms in total. The summed E-state index contributed by atoms with van der Waals surface area (Å²) in [7, 11) is 1.66. The quantitative estimate of drug-likeness (QED) is 0.901. The summed E-state index contributed by atoms with van der Waals surface area (Å²) in [4.78, 5) is 12.2. The highest BCUT2D eigenvalue weighted by molar-refractivity contribution is 5.79. The Morgan fingerprint density at radius 3 is 2.42 bits per heavy atom. The molecule has 0 aliphatic heterocycles. The van der Waals surface area contributed by atoms with Crippen LogP contribution in [0.25, 0.3) is 0 Å². The van der Waals surface area contributed by atoms with Gasteiger partial charge < -0.3 is 10.1 Å². The second-order valence-electron chi connectivity index (χ2n) is 5.34. The van der Waals surface area contributed by atoms with Crippen LogP contribution in [0.4, 0.5) is 0 Å². The van der Waals surface area contributed by atoms with Gasteiger partial charge in [0.2, 0.25) is 5.91 Å². The van der Waals surface area contributed by atoms with Crippen LogP contribution in [-0.4, -0.2) is 13.0 Å². The summed E-state index contributed by atoms with van der Waals surface area (Å²) in [5.41, 5.74) is 1.12. The lowest BCUT2D eigenvalue weighted by atomic mass is 9.88. The molecule has 104 valence electrons. The Morgan fingerprint density at radius 1 is 1.21 bits per heavy atom. The summed E-state index contributed by atoms with van der Waals surface area (Å²) < 4.78 is 5.14. The van der Waals surface area contributed by atoms with E-state index in [-0.39, 0.29) is 17.9 Å². The fourth-order valence-corrected chi connectivity index (χ4v) is 2.67. The predicted molar refractivity (Wildman–Crippen MR) is 76.1 cm³/mol. The van der Waals surface area contributed by atoms with Crippen molar-refractivity contribution in [2.45, 2.75) is 45.1 Å². The number of rotatable bonds is 4. The van der Waals surface area contributed by atoms with Gasteiger partial charge in [-0.05, 0) is 37.5 Å². The molecule has 0 saturated heterocycles. The SMILES string of the molecule is COc1ccc(C(C)NC(=O)C2CCCCC2)cc1. The molecule has 1 aliphatic rings. The maximum Gasteiger partial charge on any atom is 0.223 e. The molecule has 0 aromatic heterocycles. The van der Waals surface area contributed by atoms with Crippen molar-refractivity contribution in [3.8, 4) is 5.75 Å². The van der Waals surface area contributed by atoms with Crippen molar-refractivity contribution in [2.75, 3.05) is 7.11 Å². The number of carbonyl (C=O) groups excluding carboxylic acids is 1. The first kappa shape index (κ1) is 13.9. The van der Waals surface area contributed by atoms with Crippen LogP contribution in [0.5, 0.6) is 5.75 Å². The largest absolute Gasteiger partial charge is 0.497 e. The molecule has 1 aliphatic carbocycles. The Balaban J connectivity index is 1.91. The van der Waals surface area contributed by atoms with Gasteiger partial charge in [0.15, 0.2) is 0 Å². The smallest absolute Gasteiger partial charge is 0.223 e. The van der Waals surface area contributed by atoms with Crippen molar-refractivity contribution in [3.63, 3.8) is 0 Å². The van der Waals surface area contributed by atoms with Gasteiger partial charge in [-0.15, -0.1) is 0 Å². The molecule has 1 unspecified atom stereocenters. The molecule has 1 amide bonds. The van der Waals surface area contributed by atoms with E-state index in [0.29, 0.717) is 0 Å². The van der Waals surface area contributed by atoms with E-state index in [9.17, 15) is 4.79 Å². The molecule has 1 aromatic rings. The van der Waals surface area contributed by atoms with Gasteiger partial charge in [-0.2, -0.15) is 0 Å². The summed E-state index contributed by atoms with van der Waals surface area (Å²) in [5.74, 6) is 1.27. The molecule has 1 aromatic carbocycles. The van der Waals surface area contributed by atoms with E-state index < -0.39 is 0 Å². The van der Waals surface area contributed by atoms with E-state index >= 15 is 0 Å². The fraction of sp³-hybridized carbons (Fsp3) is 0.562. The molecule has 1 fully saturated rings. The zero-order valence-electron chi connectivity index (χ0n) is 11.8. The van der Waals surface area contributed by atoms with Crippen LogP contribution in [0.3, 0.4) is 0 Å². The number of amides is 1. The molecular formula is C16H23NO2. The molecule has 1 saturated carbocycles. The molecule has 3 heteroatoms. The zero-order valence-corrected chi connectivity index (χ0v) is 11.8. The topological polar surface area (TPSA) is 38.3 Å². The van der Waals surface area contributed by atoms with Gasteiger partial charge in [0.05, 0.1) is 13.2 Å². The summed E-state index contributed by atoms with van der Waals surface area (Å²) in [6.07, 6.45) is 5.74. The van der Waals surface area contributed by atoms with Gasteiger partial charge in [-0.1, -0.05) is 31.4 Å². The van der Waals surface area contributed by atoms with Gasteiger partial charge in [0.1, 0.15) is 5.75 Å².